The number of amides is 2. The Bertz CT molecular complexity index is 325. The number of carbonyl (C=O) groups is 1. The molecule has 0 spiro atoms. The Morgan fingerprint density at radius 1 is 1.05 bits per heavy atom. The van der Waals surface area contributed by atoms with Crippen molar-refractivity contribution in [3.8, 4) is 0 Å². The lowest BCUT2D eigenvalue weighted by atomic mass is 10.3. The van der Waals surface area contributed by atoms with E-state index in [1.807, 2.05) is 9.80 Å². The number of ether oxygens (including phenoxy) is 1. The molecule has 0 radical (unpaired) electrons. The van der Waals surface area contributed by atoms with E-state index in [9.17, 15) is 4.79 Å². The summed E-state index contributed by atoms with van der Waals surface area (Å²) in [4.78, 5) is 18.6. The summed E-state index contributed by atoms with van der Waals surface area (Å²) in [6, 6.07) is 0.214. The van der Waals surface area contributed by atoms with E-state index in [0.29, 0.717) is 0 Å². The molecule has 3 rings (SSSR count). The first-order valence-electron chi connectivity index (χ1n) is 7.56. The first-order valence-corrected chi connectivity index (χ1v) is 7.56. The number of piperazine rings is 1. The first-order chi connectivity index (χ1) is 9.22. The molecule has 3 fully saturated rings. The van der Waals surface area contributed by atoms with Gasteiger partial charge in [0, 0.05) is 45.9 Å². The largest absolute Gasteiger partial charge is 0.376 e. The fourth-order valence-electron chi connectivity index (χ4n) is 2.79. The fourth-order valence-corrected chi connectivity index (χ4v) is 2.79. The summed E-state index contributed by atoms with van der Waals surface area (Å²) in [7, 11) is 2.11. The lowest BCUT2D eigenvalue weighted by molar-refractivity contribution is 0.0514. The Morgan fingerprint density at radius 2 is 1.79 bits per heavy atom. The minimum absolute atomic E-state index is 0.214. The Morgan fingerprint density at radius 3 is 2.47 bits per heavy atom. The van der Waals surface area contributed by atoms with Gasteiger partial charge >= 0.3 is 6.03 Å². The van der Waals surface area contributed by atoms with Crippen LogP contribution in [0.1, 0.15) is 19.3 Å². The molecule has 19 heavy (non-hydrogen) atoms. The first kappa shape index (κ1) is 13.2. The summed E-state index contributed by atoms with van der Waals surface area (Å²) in [6.07, 6.45) is 3.94. The standard InChI is InChI=1S/C14H25N3O2/c1-15-6-8-16(9-7-15)14(18)17-5-4-13(10-17)19-11-12-2-3-12/h12-13H,2-11H2,1H3. The zero-order valence-corrected chi connectivity index (χ0v) is 11.9. The molecule has 2 aliphatic heterocycles. The maximum Gasteiger partial charge on any atom is 0.320 e. The zero-order valence-electron chi connectivity index (χ0n) is 11.9. The molecule has 108 valence electrons. The summed E-state index contributed by atoms with van der Waals surface area (Å²) in [5.74, 6) is 0.808. The monoisotopic (exact) mass is 267 g/mol. The summed E-state index contributed by atoms with van der Waals surface area (Å²) in [5.41, 5.74) is 0. The molecule has 5 nitrogen and oxygen atoms in total. The third-order valence-corrected chi connectivity index (χ3v) is 4.45. The van der Waals surface area contributed by atoms with Gasteiger partial charge in [-0.25, -0.2) is 4.79 Å². The fraction of sp³-hybridized carbons (Fsp3) is 0.929. The van der Waals surface area contributed by atoms with Gasteiger partial charge < -0.3 is 19.4 Å². The molecule has 0 bridgehead atoms. The van der Waals surface area contributed by atoms with E-state index in [1.54, 1.807) is 0 Å². The molecule has 5 heteroatoms. The molecule has 2 heterocycles. The Labute approximate surface area is 115 Å². The van der Waals surface area contributed by atoms with Crippen molar-refractivity contribution in [2.24, 2.45) is 5.92 Å². The van der Waals surface area contributed by atoms with Crippen molar-refractivity contribution in [3.63, 3.8) is 0 Å². The van der Waals surface area contributed by atoms with Gasteiger partial charge in [0.25, 0.3) is 0 Å². The average molecular weight is 267 g/mol. The van der Waals surface area contributed by atoms with Crippen LogP contribution in [-0.4, -0.2) is 79.8 Å². The summed E-state index contributed by atoms with van der Waals surface area (Å²) >= 11 is 0. The molecule has 0 aromatic heterocycles. The Balaban J connectivity index is 1.42. The number of hydrogen-bond acceptors (Lipinski definition) is 3. The summed E-state index contributed by atoms with van der Waals surface area (Å²) in [6.45, 7) is 6.25. The normalized spacial score (nSPS) is 29.0. The van der Waals surface area contributed by atoms with Crippen molar-refractivity contribution in [1.82, 2.24) is 14.7 Å². The van der Waals surface area contributed by atoms with E-state index in [1.165, 1.54) is 12.8 Å². The molecular formula is C14H25N3O2. The van der Waals surface area contributed by atoms with Gasteiger partial charge in [-0.1, -0.05) is 0 Å². The van der Waals surface area contributed by atoms with Gasteiger partial charge in [0.05, 0.1) is 6.10 Å². The molecule has 3 aliphatic rings. The molecule has 1 unspecified atom stereocenters. The van der Waals surface area contributed by atoms with Gasteiger partial charge in [0.2, 0.25) is 0 Å². The van der Waals surface area contributed by atoms with Gasteiger partial charge in [-0.15, -0.1) is 0 Å². The Hall–Kier alpha value is -0.810. The molecule has 2 saturated heterocycles. The molecule has 0 aromatic rings. The van der Waals surface area contributed by atoms with Crippen LogP contribution in [0.5, 0.6) is 0 Å². The lowest BCUT2D eigenvalue weighted by Crippen LogP contribution is -2.51. The summed E-state index contributed by atoms with van der Waals surface area (Å²) < 4.78 is 5.89. The van der Waals surface area contributed by atoms with Gasteiger partial charge in [0.15, 0.2) is 0 Å². The molecule has 1 atom stereocenters. The predicted octanol–water partition coefficient (Wildman–Crippen LogP) is 0.855. The van der Waals surface area contributed by atoms with Gasteiger partial charge in [-0.3, -0.25) is 0 Å². The van der Waals surface area contributed by atoms with Crippen LogP contribution < -0.4 is 0 Å². The van der Waals surface area contributed by atoms with Crippen molar-refractivity contribution in [2.45, 2.75) is 25.4 Å². The van der Waals surface area contributed by atoms with Crippen LogP contribution in [0.2, 0.25) is 0 Å². The van der Waals surface area contributed by atoms with Crippen LogP contribution in [0.15, 0.2) is 0 Å². The Kier molecular flexibility index (Phi) is 3.93. The van der Waals surface area contributed by atoms with E-state index >= 15 is 0 Å². The number of likely N-dealkylation sites (N-methyl/N-ethyl adjacent to an activating group) is 1. The number of rotatable bonds is 3. The smallest absolute Gasteiger partial charge is 0.320 e. The maximum atomic E-state index is 12.4. The predicted molar refractivity (Wildman–Crippen MR) is 73.1 cm³/mol. The highest BCUT2D eigenvalue weighted by Crippen LogP contribution is 2.30. The quantitative estimate of drug-likeness (QED) is 0.761. The highest BCUT2D eigenvalue weighted by molar-refractivity contribution is 5.75. The van der Waals surface area contributed by atoms with Crippen molar-refractivity contribution >= 4 is 6.03 Å². The van der Waals surface area contributed by atoms with Gasteiger partial charge in [0.1, 0.15) is 0 Å². The molecule has 0 aromatic carbocycles. The minimum Gasteiger partial charge on any atom is -0.376 e. The molecule has 2 amide bonds. The van der Waals surface area contributed by atoms with E-state index < -0.39 is 0 Å². The maximum absolute atomic E-state index is 12.4. The molecule has 0 N–H and O–H groups in total. The van der Waals surface area contributed by atoms with Crippen LogP contribution >= 0.6 is 0 Å². The number of carbonyl (C=O) groups excluding carboxylic acids is 1. The number of urea groups is 1. The number of likely N-dealkylation sites (tertiary alicyclic amines) is 1. The van der Waals surface area contributed by atoms with Gasteiger partial charge in [-0.05, 0) is 32.2 Å². The lowest BCUT2D eigenvalue weighted by Gasteiger charge is -2.34. The van der Waals surface area contributed by atoms with Crippen molar-refractivity contribution in [1.29, 1.82) is 0 Å². The highest BCUT2D eigenvalue weighted by atomic mass is 16.5. The molecular weight excluding hydrogens is 242 g/mol. The topological polar surface area (TPSA) is 36.0 Å². The third kappa shape index (κ3) is 3.39. The van der Waals surface area contributed by atoms with Crippen LogP contribution in [0.25, 0.3) is 0 Å². The average Bonchev–Trinajstić information content (AvgIpc) is 3.13. The SMILES string of the molecule is CN1CCN(C(=O)N2CCC(OCC3CC3)C2)CC1. The molecule has 1 saturated carbocycles. The van der Waals surface area contributed by atoms with Crippen LogP contribution in [-0.2, 0) is 4.74 Å². The van der Waals surface area contributed by atoms with Crippen molar-refractivity contribution < 1.29 is 9.53 Å². The number of nitrogens with zero attached hydrogens (tertiary/aromatic N) is 3. The zero-order chi connectivity index (χ0) is 13.2. The second-order valence-corrected chi connectivity index (χ2v) is 6.21. The van der Waals surface area contributed by atoms with E-state index in [0.717, 1.165) is 58.2 Å². The third-order valence-electron chi connectivity index (χ3n) is 4.45. The minimum atomic E-state index is 0.214. The van der Waals surface area contributed by atoms with E-state index in [4.69, 9.17) is 4.74 Å². The van der Waals surface area contributed by atoms with Crippen LogP contribution in [0, 0.1) is 5.92 Å². The highest BCUT2D eigenvalue weighted by Gasteiger charge is 2.32. The van der Waals surface area contributed by atoms with Crippen LogP contribution in [0.4, 0.5) is 4.79 Å². The number of hydrogen-bond donors (Lipinski definition) is 0. The van der Waals surface area contributed by atoms with Crippen LogP contribution in [0.3, 0.4) is 0 Å². The second-order valence-electron chi connectivity index (χ2n) is 6.21. The van der Waals surface area contributed by atoms with E-state index in [2.05, 4.69) is 11.9 Å². The molecule has 1 aliphatic carbocycles. The van der Waals surface area contributed by atoms with Crippen molar-refractivity contribution in [3.05, 3.63) is 0 Å². The van der Waals surface area contributed by atoms with E-state index in [-0.39, 0.29) is 12.1 Å². The summed E-state index contributed by atoms with van der Waals surface area (Å²) in [5, 5.41) is 0. The second kappa shape index (κ2) is 5.67. The van der Waals surface area contributed by atoms with Gasteiger partial charge in [-0.2, -0.15) is 0 Å². The van der Waals surface area contributed by atoms with Crippen molar-refractivity contribution in [2.75, 3.05) is 52.9 Å².